The molecular formula is C12H12BrNO3S. The van der Waals surface area contributed by atoms with Crippen LogP contribution in [0.2, 0.25) is 0 Å². The molecule has 1 aromatic carbocycles. The van der Waals surface area contributed by atoms with Crippen LogP contribution in [-0.4, -0.2) is 29.3 Å². The summed E-state index contributed by atoms with van der Waals surface area (Å²) in [6.45, 7) is 0.632. The van der Waals surface area contributed by atoms with E-state index in [1.807, 2.05) is 18.2 Å². The minimum Gasteiger partial charge on any atom is -0.481 e. The molecule has 1 amide bonds. The number of aliphatic carboxylic acids is 1. The lowest BCUT2D eigenvalue weighted by Crippen LogP contribution is -2.35. The molecule has 2 rings (SSSR count). The van der Waals surface area contributed by atoms with Gasteiger partial charge in [0.2, 0.25) is 5.91 Å². The van der Waals surface area contributed by atoms with Crippen LogP contribution in [0, 0.1) is 0 Å². The van der Waals surface area contributed by atoms with Gasteiger partial charge in [0, 0.05) is 28.1 Å². The summed E-state index contributed by atoms with van der Waals surface area (Å²) in [6.07, 6.45) is -0.0717. The highest BCUT2D eigenvalue weighted by molar-refractivity contribution is 9.10. The number of hydrogen-bond donors (Lipinski definition) is 1. The van der Waals surface area contributed by atoms with Crippen molar-refractivity contribution >= 4 is 45.3 Å². The Bertz CT molecular complexity index is 492. The molecule has 0 unspecified atom stereocenters. The van der Waals surface area contributed by atoms with E-state index < -0.39 is 5.97 Å². The lowest BCUT2D eigenvalue weighted by Gasteiger charge is -2.29. The van der Waals surface area contributed by atoms with Crippen molar-refractivity contribution in [2.24, 2.45) is 0 Å². The summed E-state index contributed by atoms with van der Waals surface area (Å²) in [5.41, 5.74) is 0.871. The molecule has 0 saturated carbocycles. The summed E-state index contributed by atoms with van der Waals surface area (Å²) in [6, 6.07) is 5.82. The Balaban J connectivity index is 2.18. The molecule has 4 nitrogen and oxygen atoms in total. The van der Waals surface area contributed by atoms with E-state index in [0.717, 1.165) is 20.8 Å². The number of hydrogen-bond acceptors (Lipinski definition) is 3. The van der Waals surface area contributed by atoms with Crippen LogP contribution in [0.15, 0.2) is 27.6 Å². The molecule has 18 heavy (non-hydrogen) atoms. The highest BCUT2D eigenvalue weighted by Gasteiger charge is 2.23. The van der Waals surface area contributed by atoms with Crippen molar-refractivity contribution in [2.75, 3.05) is 17.2 Å². The Morgan fingerprint density at radius 3 is 2.89 bits per heavy atom. The monoisotopic (exact) mass is 329 g/mol. The van der Waals surface area contributed by atoms with E-state index in [9.17, 15) is 9.59 Å². The second-order valence-corrected chi connectivity index (χ2v) is 5.95. The molecule has 0 radical (unpaired) electrons. The van der Waals surface area contributed by atoms with Gasteiger partial charge in [-0.3, -0.25) is 9.59 Å². The Labute approximate surface area is 117 Å². The lowest BCUT2D eigenvalue weighted by molar-refractivity contribution is -0.138. The quantitative estimate of drug-likeness (QED) is 0.926. The normalized spacial score (nSPS) is 14.2. The SMILES string of the molecule is O=C(O)CCC(=O)N1CCSc2ccc(Br)cc21. The van der Waals surface area contributed by atoms with Crippen molar-refractivity contribution in [2.45, 2.75) is 17.7 Å². The van der Waals surface area contributed by atoms with Crippen molar-refractivity contribution in [3.63, 3.8) is 0 Å². The molecule has 1 heterocycles. The minimum atomic E-state index is -0.941. The molecule has 96 valence electrons. The summed E-state index contributed by atoms with van der Waals surface area (Å²) in [5, 5.41) is 8.62. The molecule has 1 aliphatic heterocycles. The fraction of sp³-hybridized carbons (Fsp3) is 0.333. The van der Waals surface area contributed by atoms with Gasteiger partial charge in [-0.05, 0) is 18.2 Å². The highest BCUT2D eigenvalue weighted by Crippen LogP contribution is 2.36. The van der Waals surface area contributed by atoms with Crippen LogP contribution in [-0.2, 0) is 9.59 Å². The first kappa shape index (κ1) is 13.4. The Hall–Kier alpha value is -1.01. The van der Waals surface area contributed by atoms with Gasteiger partial charge in [-0.25, -0.2) is 0 Å². The number of halogens is 1. The largest absolute Gasteiger partial charge is 0.481 e. The van der Waals surface area contributed by atoms with Crippen LogP contribution in [0.4, 0.5) is 5.69 Å². The number of carbonyl (C=O) groups excluding carboxylic acids is 1. The maximum absolute atomic E-state index is 12.0. The second kappa shape index (κ2) is 5.75. The third-order valence-corrected chi connectivity index (χ3v) is 4.17. The standard InChI is InChI=1S/C12H12BrNO3S/c13-8-1-2-10-9(7-8)14(5-6-18-10)11(15)3-4-12(16)17/h1-2,7H,3-6H2,(H,16,17). The van der Waals surface area contributed by atoms with Crippen molar-refractivity contribution in [3.05, 3.63) is 22.7 Å². The number of carbonyl (C=O) groups is 2. The van der Waals surface area contributed by atoms with Crippen LogP contribution in [0.5, 0.6) is 0 Å². The zero-order valence-corrected chi connectivity index (χ0v) is 12.0. The molecule has 0 fully saturated rings. The Kier molecular flexibility index (Phi) is 4.29. The first-order valence-electron chi connectivity index (χ1n) is 5.52. The smallest absolute Gasteiger partial charge is 0.303 e. The number of carboxylic acid groups (broad SMARTS) is 1. The first-order valence-corrected chi connectivity index (χ1v) is 7.30. The van der Waals surface area contributed by atoms with Gasteiger partial charge in [-0.1, -0.05) is 15.9 Å². The average Bonchev–Trinajstić information content (AvgIpc) is 2.35. The summed E-state index contributed by atoms with van der Waals surface area (Å²) < 4.78 is 0.916. The molecule has 0 aliphatic carbocycles. The van der Waals surface area contributed by atoms with E-state index >= 15 is 0 Å². The summed E-state index contributed by atoms with van der Waals surface area (Å²) in [7, 11) is 0. The van der Waals surface area contributed by atoms with Crippen LogP contribution in [0.3, 0.4) is 0 Å². The number of rotatable bonds is 3. The van der Waals surface area contributed by atoms with Gasteiger partial charge in [-0.15, -0.1) is 11.8 Å². The summed E-state index contributed by atoms with van der Waals surface area (Å²) >= 11 is 5.10. The zero-order chi connectivity index (χ0) is 13.1. The fourth-order valence-electron chi connectivity index (χ4n) is 1.80. The van der Waals surface area contributed by atoms with Gasteiger partial charge < -0.3 is 10.0 Å². The number of nitrogens with zero attached hydrogens (tertiary/aromatic N) is 1. The van der Waals surface area contributed by atoms with Crippen LogP contribution in [0.1, 0.15) is 12.8 Å². The molecule has 0 saturated heterocycles. The van der Waals surface area contributed by atoms with Gasteiger partial charge in [0.25, 0.3) is 0 Å². The van der Waals surface area contributed by atoms with E-state index in [-0.39, 0.29) is 18.7 Å². The van der Waals surface area contributed by atoms with Crippen molar-refractivity contribution in [1.29, 1.82) is 0 Å². The van der Waals surface area contributed by atoms with Crippen molar-refractivity contribution < 1.29 is 14.7 Å². The lowest BCUT2D eigenvalue weighted by atomic mass is 10.2. The molecule has 0 atom stereocenters. The average molecular weight is 330 g/mol. The van der Waals surface area contributed by atoms with Gasteiger partial charge in [0.05, 0.1) is 12.1 Å². The van der Waals surface area contributed by atoms with Gasteiger partial charge in [-0.2, -0.15) is 0 Å². The third kappa shape index (κ3) is 3.05. The number of thioether (sulfide) groups is 1. The van der Waals surface area contributed by atoms with Crippen LogP contribution in [0.25, 0.3) is 0 Å². The third-order valence-electron chi connectivity index (χ3n) is 2.64. The summed E-state index contributed by atoms with van der Waals surface area (Å²) in [5.74, 6) is -0.228. The molecule has 1 aromatic rings. The van der Waals surface area contributed by atoms with Gasteiger partial charge >= 0.3 is 5.97 Å². The fourth-order valence-corrected chi connectivity index (χ4v) is 3.12. The van der Waals surface area contributed by atoms with E-state index in [1.165, 1.54) is 0 Å². The van der Waals surface area contributed by atoms with E-state index in [1.54, 1.807) is 16.7 Å². The van der Waals surface area contributed by atoms with Crippen LogP contribution >= 0.6 is 27.7 Å². The maximum atomic E-state index is 12.0. The number of carboxylic acids is 1. The molecule has 0 spiro atoms. The van der Waals surface area contributed by atoms with Crippen LogP contribution < -0.4 is 4.90 Å². The number of benzene rings is 1. The minimum absolute atomic E-state index is 0.0476. The zero-order valence-electron chi connectivity index (χ0n) is 9.56. The van der Waals surface area contributed by atoms with Gasteiger partial charge in [0.15, 0.2) is 0 Å². The van der Waals surface area contributed by atoms with Crippen molar-refractivity contribution in [1.82, 2.24) is 0 Å². The predicted molar refractivity (Wildman–Crippen MR) is 74.1 cm³/mol. The van der Waals surface area contributed by atoms with E-state index in [2.05, 4.69) is 15.9 Å². The first-order chi connectivity index (χ1) is 8.58. The molecular weight excluding hydrogens is 318 g/mol. The molecule has 1 N–H and O–H groups in total. The topological polar surface area (TPSA) is 57.6 Å². The molecule has 0 bridgehead atoms. The Morgan fingerprint density at radius 2 is 2.17 bits per heavy atom. The second-order valence-electron chi connectivity index (χ2n) is 3.90. The van der Waals surface area contributed by atoms with Gasteiger partial charge in [0.1, 0.15) is 0 Å². The summed E-state index contributed by atoms with van der Waals surface area (Å²) in [4.78, 5) is 25.3. The van der Waals surface area contributed by atoms with E-state index in [0.29, 0.717) is 6.54 Å². The number of anilines is 1. The highest BCUT2D eigenvalue weighted by atomic mass is 79.9. The van der Waals surface area contributed by atoms with E-state index in [4.69, 9.17) is 5.11 Å². The Morgan fingerprint density at radius 1 is 1.39 bits per heavy atom. The van der Waals surface area contributed by atoms with Crippen molar-refractivity contribution in [3.8, 4) is 0 Å². The number of amides is 1. The molecule has 0 aromatic heterocycles. The molecule has 1 aliphatic rings. The maximum Gasteiger partial charge on any atom is 0.303 e. The predicted octanol–water partition coefficient (Wildman–Crippen LogP) is 2.75. The molecule has 6 heteroatoms. The number of fused-ring (bicyclic) bond motifs is 1.